The lowest BCUT2D eigenvalue weighted by Gasteiger charge is -1.99. The van der Waals surface area contributed by atoms with Gasteiger partial charge in [-0.3, -0.25) is 0 Å². The van der Waals surface area contributed by atoms with Gasteiger partial charge in [-0.25, -0.2) is 0 Å². The number of phenols is 1. The fourth-order valence-electron chi connectivity index (χ4n) is 1.41. The highest BCUT2D eigenvalue weighted by molar-refractivity contribution is 5.67. The van der Waals surface area contributed by atoms with Crippen LogP contribution in [-0.2, 0) is 7.05 Å². The molecule has 0 amide bonds. The van der Waals surface area contributed by atoms with Crippen LogP contribution in [-0.4, -0.2) is 10.2 Å². The molecule has 0 spiro atoms. The Balaban J connectivity index is 2.51. The third-order valence-corrected chi connectivity index (χ3v) is 2.03. The van der Waals surface area contributed by atoms with Crippen molar-refractivity contribution in [2.24, 2.45) is 7.05 Å². The molecule has 2 aromatic rings. The van der Waals surface area contributed by atoms with Crippen molar-refractivity contribution in [2.45, 2.75) is 0 Å². The van der Waals surface area contributed by atoms with Crippen molar-refractivity contribution in [1.29, 1.82) is 0 Å². The quantitative estimate of drug-likeness (QED) is 0.460. The van der Waals surface area contributed by atoms with Gasteiger partial charge in [-0.1, -0.05) is 0 Å². The number of benzene rings is 1. The van der Waals surface area contributed by atoms with E-state index in [-0.39, 0.29) is 5.75 Å². The first-order chi connectivity index (χ1) is 6.65. The third kappa shape index (κ3) is 1.54. The van der Waals surface area contributed by atoms with Gasteiger partial charge in [0.2, 0.25) is 6.20 Å². The zero-order valence-electron chi connectivity index (χ0n) is 7.86. The smallest absolute Gasteiger partial charge is 0.202 e. The van der Waals surface area contributed by atoms with Crippen LogP contribution in [0.4, 0.5) is 5.69 Å². The van der Waals surface area contributed by atoms with Crippen LogP contribution in [0.3, 0.4) is 0 Å². The maximum absolute atomic E-state index is 9.37. The van der Waals surface area contributed by atoms with Crippen LogP contribution in [0.15, 0.2) is 30.6 Å². The zero-order chi connectivity index (χ0) is 10.1. The average molecular weight is 190 g/mol. The SMILES string of the molecule is C[n+]1cc(-c2cc(N)cc(O)c2)c[nH]1. The van der Waals surface area contributed by atoms with Crippen molar-refractivity contribution in [3.05, 3.63) is 30.6 Å². The summed E-state index contributed by atoms with van der Waals surface area (Å²) in [6.45, 7) is 0. The molecule has 0 aliphatic carbocycles. The molecule has 0 aliphatic heterocycles. The second-order valence-electron chi connectivity index (χ2n) is 3.28. The number of aryl methyl sites for hydroxylation is 1. The molecule has 1 heterocycles. The molecule has 0 aliphatic rings. The summed E-state index contributed by atoms with van der Waals surface area (Å²) in [6, 6.07) is 5.03. The number of aromatic nitrogens is 2. The van der Waals surface area contributed by atoms with Crippen LogP contribution in [0.25, 0.3) is 11.1 Å². The predicted octanol–water partition coefficient (Wildman–Crippen LogP) is 0.794. The molecule has 4 N–H and O–H groups in total. The first-order valence-corrected chi connectivity index (χ1v) is 4.29. The Labute approximate surface area is 81.6 Å². The Morgan fingerprint density at radius 3 is 2.64 bits per heavy atom. The van der Waals surface area contributed by atoms with Crippen molar-refractivity contribution in [2.75, 3.05) is 5.73 Å². The molecule has 0 saturated carbocycles. The van der Waals surface area contributed by atoms with Crippen molar-refractivity contribution >= 4 is 5.69 Å². The fourth-order valence-corrected chi connectivity index (χ4v) is 1.41. The van der Waals surface area contributed by atoms with E-state index in [1.165, 1.54) is 6.07 Å². The average Bonchev–Trinajstić information content (AvgIpc) is 2.50. The zero-order valence-corrected chi connectivity index (χ0v) is 7.86. The number of rotatable bonds is 1. The summed E-state index contributed by atoms with van der Waals surface area (Å²) in [4.78, 5) is 0. The van der Waals surface area contributed by atoms with E-state index in [9.17, 15) is 5.11 Å². The second kappa shape index (κ2) is 3.06. The van der Waals surface area contributed by atoms with Gasteiger partial charge in [0.15, 0.2) is 7.05 Å². The Bertz CT molecular complexity index is 442. The van der Waals surface area contributed by atoms with Crippen LogP contribution in [0.2, 0.25) is 0 Å². The maximum atomic E-state index is 9.37. The van der Waals surface area contributed by atoms with Gasteiger partial charge < -0.3 is 10.8 Å². The summed E-state index contributed by atoms with van der Waals surface area (Å²) in [5, 5.41) is 12.4. The number of nitrogens with zero attached hydrogens (tertiary/aromatic N) is 1. The molecule has 0 saturated heterocycles. The van der Waals surface area contributed by atoms with E-state index in [1.807, 2.05) is 30.2 Å². The molecule has 4 nitrogen and oxygen atoms in total. The summed E-state index contributed by atoms with van der Waals surface area (Å²) in [5.41, 5.74) is 8.08. The summed E-state index contributed by atoms with van der Waals surface area (Å²) >= 11 is 0. The first kappa shape index (κ1) is 8.62. The fraction of sp³-hybridized carbons (Fsp3) is 0.100. The molecule has 0 bridgehead atoms. The number of anilines is 1. The molecule has 0 atom stereocenters. The van der Waals surface area contributed by atoms with E-state index in [1.54, 1.807) is 6.07 Å². The summed E-state index contributed by atoms with van der Waals surface area (Å²) in [5.74, 6) is 0.184. The minimum Gasteiger partial charge on any atom is -0.508 e. The van der Waals surface area contributed by atoms with Gasteiger partial charge >= 0.3 is 0 Å². The lowest BCUT2D eigenvalue weighted by molar-refractivity contribution is -0.726. The number of phenolic OH excluding ortho intramolecular Hbond substituents is 1. The third-order valence-electron chi connectivity index (χ3n) is 2.03. The molecule has 72 valence electrons. The minimum atomic E-state index is 0.184. The molecule has 0 fully saturated rings. The van der Waals surface area contributed by atoms with Gasteiger partial charge in [0, 0.05) is 11.8 Å². The molecule has 4 heteroatoms. The minimum absolute atomic E-state index is 0.184. The molecule has 0 unspecified atom stereocenters. The number of hydrogen-bond acceptors (Lipinski definition) is 2. The summed E-state index contributed by atoms with van der Waals surface area (Å²) in [7, 11) is 1.90. The number of nitrogens with one attached hydrogen (secondary N) is 1. The number of nitrogens with two attached hydrogens (primary N) is 1. The van der Waals surface area contributed by atoms with E-state index in [4.69, 9.17) is 5.73 Å². The number of aromatic hydroxyl groups is 1. The van der Waals surface area contributed by atoms with Crippen LogP contribution < -0.4 is 10.4 Å². The lowest BCUT2D eigenvalue weighted by Crippen LogP contribution is -2.27. The molecule has 0 radical (unpaired) electrons. The van der Waals surface area contributed by atoms with Crippen LogP contribution in [0.5, 0.6) is 5.75 Å². The highest BCUT2D eigenvalue weighted by Crippen LogP contribution is 2.25. The summed E-state index contributed by atoms with van der Waals surface area (Å²) in [6.07, 6.45) is 3.78. The summed E-state index contributed by atoms with van der Waals surface area (Å²) < 4.78 is 1.83. The Kier molecular flexibility index (Phi) is 1.89. The Morgan fingerprint density at radius 2 is 2.07 bits per heavy atom. The largest absolute Gasteiger partial charge is 0.508 e. The lowest BCUT2D eigenvalue weighted by atomic mass is 10.1. The van der Waals surface area contributed by atoms with E-state index in [2.05, 4.69) is 5.10 Å². The van der Waals surface area contributed by atoms with Gasteiger partial charge in [-0.2, -0.15) is 5.10 Å². The second-order valence-corrected chi connectivity index (χ2v) is 3.28. The van der Waals surface area contributed by atoms with Crippen molar-refractivity contribution in [3.63, 3.8) is 0 Å². The molecular formula is C10H12N3O+. The van der Waals surface area contributed by atoms with E-state index >= 15 is 0 Å². The molecule has 14 heavy (non-hydrogen) atoms. The van der Waals surface area contributed by atoms with Crippen molar-refractivity contribution in [3.8, 4) is 16.9 Å². The Hall–Kier alpha value is -1.97. The van der Waals surface area contributed by atoms with Gasteiger partial charge in [-0.05, 0) is 17.7 Å². The van der Waals surface area contributed by atoms with E-state index in [0.29, 0.717) is 5.69 Å². The van der Waals surface area contributed by atoms with E-state index < -0.39 is 0 Å². The van der Waals surface area contributed by atoms with Gasteiger partial charge in [0.05, 0.1) is 11.8 Å². The molecular weight excluding hydrogens is 178 g/mol. The molecule has 1 aromatic carbocycles. The first-order valence-electron chi connectivity index (χ1n) is 4.29. The van der Waals surface area contributed by atoms with Crippen LogP contribution >= 0.6 is 0 Å². The van der Waals surface area contributed by atoms with E-state index in [0.717, 1.165) is 11.1 Å². The highest BCUT2D eigenvalue weighted by atomic mass is 16.3. The number of aromatic amines is 1. The van der Waals surface area contributed by atoms with Gasteiger partial charge in [0.1, 0.15) is 5.75 Å². The topological polar surface area (TPSA) is 65.9 Å². The predicted molar refractivity (Wildman–Crippen MR) is 53.5 cm³/mol. The number of H-pyrrole nitrogens is 1. The normalized spacial score (nSPS) is 10.4. The maximum Gasteiger partial charge on any atom is 0.202 e. The molecule has 2 rings (SSSR count). The van der Waals surface area contributed by atoms with Gasteiger partial charge in [-0.15, -0.1) is 4.68 Å². The van der Waals surface area contributed by atoms with Crippen LogP contribution in [0.1, 0.15) is 0 Å². The number of hydrogen-bond donors (Lipinski definition) is 3. The standard InChI is InChI=1S/C10H11N3O/c1-13-6-8(5-12-13)7-2-9(11)4-10(14)3-7/h2-6,14H,11H2,1H3/p+1. The monoisotopic (exact) mass is 190 g/mol. The Morgan fingerprint density at radius 1 is 1.29 bits per heavy atom. The van der Waals surface area contributed by atoms with Crippen molar-refractivity contribution < 1.29 is 9.79 Å². The van der Waals surface area contributed by atoms with Gasteiger partial charge in [0.25, 0.3) is 0 Å². The van der Waals surface area contributed by atoms with Crippen LogP contribution in [0, 0.1) is 0 Å². The molecule has 1 aromatic heterocycles. The van der Waals surface area contributed by atoms with Crippen molar-refractivity contribution in [1.82, 2.24) is 5.10 Å². The highest BCUT2D eigenvalue weighted by Gasteiger charge is 2.06. The number of nitrogen functional groups attached to an aromatic ring is 1.